The number of carbonyl (C=O) groups excluding carboxylic acids is 1. The Morgan fingerprint density at radius 1 is 1.45 bits per heavy atom. The van der Waals surface area contributed by atoms with Gasteiger partial charge in [-0.05, 0) is 6.42 Å². The molecule has 0 saturated heterocycles. The van der Waals surface area contributed by atoms with Crippen molar-refractivity contribution in [1.82, 2.24) is 10.2 Å². The number of hydrogen-bond acceptors (Lipinski definition) is 4. The third-order valence-electron chi connectivity index (χ3n) is 2.79. The minimum Gasteiger partial charge on any atom is -0.480 e. The van der Waals surface area contributed by atoms with E-state index in [9.17, 15) is 9.59 Å². The highest BCUT2D eigenvalue weighted by atomic mass is 16.5. The fourth-order valence-electron chi connectivity index (χ4n) is 1.61. The van der Waals surface area contributed by atoms with Crippen LogP contribution in [0.4, 0.5) is 4.79 Å². The third kappa shape index (κ3) is 7.59. The van der Waals surface area contributed by atoms with Gasteiger partial charge in [0.2, 0.25) is 0 Å². The first-order valence-corrected chi connectivity index (χ1v) is 6.70. The Morgan fingerprint density at radius 3 is 2.65 bits per heavy atom. The molecule has 0 aliphatic rings. The van der Waals surface area contributed by atoms with E-state index < -0.39 is 18.0 Å². The Hall–Kier alpha value is -1.81. The first-order valence-electron chi connectivity index (χ1n) is 6.70. The number of nitrogens with zero attached hydrogens (tertiary/aromatic N) is 2. The lowest BCUT2D eigenvalue weighted by Gasteiger charge is -2.24. The molecule has 0 bridgehead atoms. The molecule has 0 aliphatic carbocycles. The molecule has 0 aliphatic heterocycles. The van der Waals surface area contributed by atoms with Crippen LogP contribution in [0.3, 0.4) is 0 Å². The maximum absolute atomic E-state index is 12.0. The van der Waals surface area contributed by atoms with Crippen molar-refractivity contribution >= 4 is 12.0 Å². The van der Waals surface area contributed by atoms with Gasteiger partial charge in [-0.25, -0.2) is 9.59 Å². The fourth-order valence-corrected chi connectivity index (χ4v) is 1.61. The number of ether oxygens (including phenoxy) is 1. The van der Waals surface area contributed by atoms with Crippen LogP contribution in [-0.2, 0) is 9.53 Å². The molecule has 20 heavy (non-hydrogen) atoms. The number of urea groups is 1. The van der Waals surface area contributed by atoms with Crippen molar-refractivity contribution in [3.8, 4) is 6.07 Å². The number of nitriles is 1. The molecule has 7 nitrogen and oxygen atoms in total. The molecule has 2 amide bonds. The third-order valence-corrected chi connectivity index (χ3v) is 2.79. The zero-order valence-corrected chi connectivity index (χ0v) is 12.1. The maximum Gasteiger partial charge on any atom is 0.326 e. The van der Waals surface area contributed by atoms with Gasteiger partial charge in [-0.15, -0.1) is 0 Å². The average molecular weight is 285 g/mol. The predicted octanol–water partition coefficient (Wildman–Crippen LogP) is 1.20. The van der Waals surface area contributed by atoms with E-state index in [1.807, 2.05) is 13.0 Å². The van der Waals surface area contributed by atoms with Crippen LogP contribution < -0.4 is 5.32 Å². The van der Waals surface area contributed by atoms with Gasteiger partial charge in [0.1, 0.15) is 6.04 Å². The molecule has 0 aromatic rings. The van der Waals surface area contributed by atoms with Gasteiger partial charge in [0, 0.05) is 20.2 Å². The SMILES string of the molecule is CCCCC(NC(=O)N(CCC#N)CCOC)C(=O)O. The largest absolute Gasteiger partial charge is 0.480 e. The van der Waals surface area contributed by atoms with Gasteiger partial charge < -0.3 is 20.1 Å². The summed E-state index contributed by atoms with van der Waals surface area (Å²) < 4.78 is 4.90. The second-order valence-electron chi connectivity index (χ2n) is 4.37. The number of carboxylic acid groups (broad SMARTS) is 1. The number of unbranched alkanes of at least 4 members (excludes halogenated alkanes) is 1. The van der Waals surface area contributed by atoms with Crippen LogP contribution in [0.1, 0.15) is 32.6 Å². The van der Waals surface area contributed by atoms with Crippen molar-refractivity contribution in [2.75, 3.05) is 26.8 Å². The van der Waals surface area contributed by atoms with E-state index in [-0.39, 0.29) is 13.0 Å². The lowest BCUT2D eigenvalue weighted by Crippen LogP contribution is -2.49. The summed E-state index contributed by atoms with van der Waals surface area (Å²) in [4.78, 5) is 24.5. The first-order chi connectivity index (χ1) is 9.56. The number of rotatable bonds is 10. The molecule has 0 heterocycles. The van der Waals surface area contributed by atoms with Gasteiger partial charge in [0.05, 0.1) is 19.1 Å². The highest BCUT2D eigenvalue weighted by Crippen LogP contribution is 2.03. The molecular formula is C13H23N3O4. The van der Waals surface area contributed by atoms with Crippen molar-refractivity contribution in [2.45, 2.75) is 38.6 Å². The Bertz CT molecular complexity index is 341. The van der Waals surface area contributed by atoms with Crippen molar-refractivity contribution in [1.29, 1.82) is 5.26 Å². The Labute approximate surface area is 119 Å². The van der Waals surface area contributed by atoms with Crippen molar-refractivity contribution in [3.63, 3.8) is 0 Å². The lowest BCUT2D eigenvalue weighted by atomic mass is 10.1. The molecule has 0 radical (unpaired) electrons. The summed E-state index contributed by atoms with van der Waals surface area (Å²) in [6.07, 6.45) is 2.19. The highest BCUT2D eigenvalue weighted by molar-refractivity contribution is 5.82. The van der Waals surface area contributed by atoms with Gasteiger partial charge >= 0.3 is 12.0 Å². The fraction of sp³-hybridized carbons (Fsp3) is 0.769. The standard InChI is InChI=1S/C13H23N3O4/c1-3-4-6-11(12(17)18)15-13(19)16(8-5-7-14)9-10-20-2/h11H,3-6,8-10H2,1-2H3,(H,15,19)(H,17,18). The summed E-state index contributed by atoms with van der Waals surface area (Å²) in [5.74, 6) is -1.04. The smallest absolute Gasteiger partial charge is 0.326 e. The number of carboxylic acids is 1. The molecule has 0 aromatic heterocycles. The van der Waals surface area contributed by atoms with Gasteiger partial charge in [-0.1, -0.05) is 19.8 Å². The van der Waals surface area contributed by atoms with Crippen molar-refractivity contribution < 1.29 is 19.4 Å². The van der Waals surface area contributed by atoms with Crippen LogP contribution in [0.15, 0.2) is 0 Å². The summed E-state index contributed by atoms with van der Waals surface area (Å²) in [7, 11) is 1.52. The van der Waals surface area contributed by atoms with E-state index >= 15 is 0 Å². The predicted molar refractivity (Wildman–Crippen MR) is 73.2 cm³/mol. The summed E-state index contributed by atoms with van der Waals surface area (Å²) in [5, 5.41) is 20.1. The monoisotopic (exact) mass is 285 g/mol. The quantitative estimate of drug-likeness (QED) is 0.628. The van der Waals surface area contributed by atoms with Crippen molar-refractivity contribution in [2.24, 2.45) is 0 Å². The molecule has 114 valence electrons. The molecule has 1 atom stereocenters. The molecule has 0 spiro atoms. The van der Waals surface area contributed by atoms with Crippen LogP contribution in [0.5, 0.6) is 0 Å². The molecule has 0 saturated carbocycles. The molecule has 0 aromatic carbocycles. The summed E-state index contributed by atoms with van der Waals surface area (Å²) in [6, 6.07) is 0.596. The lowest BCUT2D eigenvalue weighted by molar-refractivity contribution is -0.139. The number of hydrogen-bond donors (Lipinski definition) is 2. The normalized spacial score (nSPS) is 11.4. The van der Waals surface area contributed by atoms with E-state index in [4.69, 9.17) is 15.1 Å². The minimum absolute atomic E-state index is 0.198. The molecule has 0 rings (SSSR count). The van der Waals surface area contributed by atoms with Gasteiger partial charge in [-0.3, -0.25) is 0 Å². The van der Waals surface area contributed by atoms with E-state index in [0.717, 1.165) is 12.8 Å². The number of methoxy groups -OCH3 is 1. The molecule has 1 unspecified atom stereocenters. The number of carbonyl (C=O) groups is 2. The Balaban J connectivity index is 4.51. The van der Waals surface area contributed by atoms with E-state index in [0.29, 0.717) is 19.6 Å². The number of nitrogens with one attached hydrogen (secondary N) is 1. The highest BCUT2D eigenvalue weighted by Gasteiger charge is 2.22. The molecule has 0 fully saturated rings. The number of aliphatic carboxylic acids is 1. The topological polar surface area (TPSA) is 103 Å². The van der Waals surface area contributed by atoms with Gasteiger partial charge in [-0.2, -0.15) is 5.26 Å². The zero-order valence-electron chi connectivity index (χ0n) is 12.1. The molecular weight excluding hydrogens is 262 g/mol. The summed E-state index contributed by atoms with van der Waals surface area (Å²) in [6.45, 7) is 2.88. The minimum atomic E-state index is -1.04. The van der Waals surface area contributed by atoms with Crippen LogP contribution in [-0.4, -0.2) is 54.9 Å². The van der Waals surface area contributed by atoms with Crippen LogP contribution in [0.2, 0.25) is 0 Å². The van der Waals surface area contributed by atoms with E-state index in [1.54, 1.807) is 0 Å². The van der Waals surface area contributed by atoms with Crippen LogP contribution in [0, 0.1) is 11.3 Å². The second kappa shape index (κ2) is 11.1. The average Bonchev–Trinajstić information content (AvgIpc) is 2.43. The summed E-state index contributed by atoms with van der Waals surface area (Å²) in [5.41, 5.74) is 0. The molecule has 7 heteroatoms. The van der Waals surface area contributed by atoms with E-state index in [1.165, 1.54) is 12.0 Å². The maximum atomic E-state index is 12.0. The molecule has 2 N–H and O–H groups in total. The zero-order chi connectivity index (χ0) is 15.4. The van der Waals surface area contributed by atoms with E-state index in [2.05, 4.69) is 5.32 Å². The van der Waals surface area contributed by atoms with Gasteiger partial charge in [0.15, 0.2) is 0 Å². The van der Waals surface area contributed by atoms with Crippen LogP contribution in [0.25, 0.3) is 0 Å². The first kappa shape index (κ1) is 18.2. The van der Waals surface area contributed by atoms with Gasteiger partial charge in [0.25, 0.3) is 0 Å². The Kier molecular flexibility index (Phi) is 10.1. The van der Waals surface area contributed by atoms with Crippen LogP contribution >= 0.6 is 0 Å². The van der Waals surface area contributed by atoms with Crippen molar-refractivity contribution in [3.05, 3.63) is 0 Å². The number of amides is 2. The summed E-state index contributed by atoms with van der Waals surface area (Å²) >= 11 is 0. The Morgan fingerprint density at radius 2 is 2.15 bits per heavy atom. The second-order valence-corrected chi connectivity index (χ2v) is 4.37.